The molecule has 19 heavy (non-hydrogen) atoms. The van der Waals surface area contributed by atoms with E-state index in [4.69, 9.17) is 9.84 Å². The molecule has 0 fully saturated rings. The Labute approximate surface area is 109 Å². The molecule has 0 amide bonds. The van der Waals surface area contributed by atoms with Crippen molar-refractivity contribution in [2.45, 2.75) is 20.1 Å². The van der Waals surface area contributed by atoms with E-state index in [2.05, 4.69) is 4.98 Å². The first-order chi connectivity index (χ1) is 9.02. The third kappa shape index (κ3) is 2.63. The lowest BCUT2D eigenvalue weighted by atomic mass is 10.1. The zero-order chi connectivity index (χ0) is 14.0. The molecule has 0 aliphatic rings. The Morgan fingerprint density at radius 3 is 2.74 bits per heavy atom. The first kappa shape index (κ1) is 13.2. The summed E-state index contributed by atoms with van der Waals surface area (Å²) in [6, 6.07) is 5.04. The van der Waals surface area contributed by atoms with Crippen molar-refractivity contribution in [3.05, 3.63) is 29.6 Å². The highest BCUT2D eigenvalue weighted by Gasteiger charge is 2.14. The van der Waals surface area contributed by atoms with Crippen LogP contribution in [0.15, 0.2) is 18.2 Å². The summed E-state index contributed by atoms with van der Waals surface area (Å²) < 4.78 is 6.59. The van der Waals surface area contributed by atoms with Crippen LogP contribution in [-0.4, -0.2) is 33.5 Å². The van der Waals surface area contributed by atoms with Crippen molar-refractivity contribution < 1.29 is 19.4 Å². The number of aliphatic carboxylic acids is 1. The number of nitrogens with zero attached hydrogens (tertiary/aromatic N) is 2. The maximum atomic E-state index is 11.3. The van der Waals surface area contributed by atoms with E-state index in [1.54, 1.807) is 22.8 Å². The first-order valence-electron chi connectivity index (χ1n) is 5.73. The average Bonchev–Trinajstić information content (AvgIpc) is 2.66. The van der Waals surface area contributed by atoms with Crippen LogP contribution in [0.3, 0.4) is 0 Å². The van der Waals surface area contributed by atoms with E-state index in [-0.39, 0.29) is 18.9 Å². The standard InChI is InChI=1S/C13H14N2O4/c1-8(16)9-3-4-11-10(5-9)14-12(7-19-2)15(11)6-13(17)18/h3-5H,6-7H2,1-2H3,(H,17,18). The third-order valence-electron chi connectivity index (χ3n) is 2.80. The molecule has 0 spiro atoms. The van der Waals surface area contributed by atoms with Gasteiger partial charge >= 0.3 is 5.97 Å². The maximum absolute atomic E-state index is 11.3. The van der Waals surface area contributed by atoms with Crippen molar-refractivity contribution in [1.82, 2.24) is 9.55 Å². The summed E-state index contributed by atoms with van der Waals surface area (Å²) in [5.41, 5.74) is 1.83. The number of benzene rings is 1. The van der Waals surface area contributed by atoms with Gasteiger partial charge in [-0.3, -0.25) is 9.59 Å². The van der Waals surface area contributed by atoms with Gasteiger partial charge in [0, 0.05) is 12.7 Å². The molecule has 0 bridgehead atoms. The lowest BCUT2D eigenvalue weighted by Gasteiger charge is -2.05. The van der Waals surface area contributed by atoms with Gasteiger partial charge in [-0.1, -0.05) is 0 Å². The number of carboxylic acids is 1. The minimum Gasteiger partial charge on any atom is -0.480 e. The van der Waals surface area contributed by atoms with Crippen molar-refractivity contribution in [1.29, 1.82) is 0 Å². The molecule has 1 N–H and O–H groups in total. The number of imidazole rings is 1. The average molecular weight is 262 g/mol. The highest BCUT2D eigenvalue weighted by atomic mass is 16.5. The molecule has 1 heterocycles. The predicted molar refractivity (Wildman–Crippen MR) is 68.1 cm³/mol. The van der Waals surface area contributed by atoms with Crippen LogP contribution < -0.4 is 0 Å². The molecule has 0 saturated heterocycles. The smallest absolute Gasteiger partial charge is 0.323 e. The zero-order valence-electron chi connectivity index (χ0n) is 10.7. The number of carbonyl (C=O) groups excluding carboxylic acids is 1. The fourth-order valence-electron chi connectivity index (χ4n) is 1.95. The van der Waals surface area contributed by atoms with Gasteiger partial charge < -0.3 is 14.4 Å². The molecule has 6 nitrogen and oxygen atoms in total. The van der Waals surface area contributed by atoms with E-state index in [1.807, 2.05) is 0 Å². The molecule has 1 aromatic carbocycles. The molecule has 0 saturated carbocycles. The van der Waals surface area contributed by atoms with Crippen LogP contribution in [0.25, 0.3) is 11.0 Å². The molecule has 100 valence electrons. The van der Waals surface area contributed by atoms with Crippen molar-refractivity contribution in [2.75, 3.05) is 7.11 Å². The Balaban J connectivity index is 2.58. The summed E-state index contributed by atoms with van der Waals surface area (Å²) in [6.45, 7) is 1.51. The van der Waals surface area contributed by atoms with Gasteiger partial charge in [0.1, 0.15) is 19.0 Å². The molecular weight excluding hydrogens is 248 g/mol. The van der Waals surface area contributed by atoms with E-state index in [0.29, 0.717) is 22.4 Å². The first-order valence-corrected chi connectivity index (χ1v) is 5.73. The molecule has 2 rings (SSSR count). The SMILES string of the molecule is COCc1nc2cc(C(C)=O)ccc2n1CC(=O)O. The van der Waals surface area contributed by atoms with Crippen molar-refractivity contribution in [3.63, 3.8) is 0 Å². The Morgan fingerprint density at radius 1 is 1.42 bits per heavy atom. The molecule has 1 aromatic heterocycles. The van der Waals surface area contributed by atoms with Crippen LogP contribution in [0.5, 0.6) is 0 Å². The van der Waals surface area contributed by atoms with Gasteiger partial charge in [-0.05, 0) is 25.1 Å². The van der Waals surface area contributed by atoms with Gasteiger partial charge in [0.15, 0.2) is 5.78 Å². The van der Waals surface area contributed by atoms with E-state index in [0.717, 1.165) is 0 Å². The molecule has 0 aliphatic carbocycles. The summed E-state index contributed by atoms with van der Waals surface area (Å²) in [6.07, 6.45) is 0. The number of fused-ring (bicyclic) bond motifs is 1. The lowest BCUT2D eigenvalue weighted by molar-refractivity contribution is -0.137. The summed E-state index contributed by atoms with van der Waals surface area (Å²) in [7, 11) is 1.52. The second-order valence-electron chi connectivity index (χ2n) is 4.20. The summed E-state index contributed by atoms with van der Waals surface area (Å²) >= 11 is 0. The number of ether oxygens (including phenoxy) is 1. The topological polar surface area (TPSA) is 81.4 Å². The molecule has 0 aliphatic heterocycles. The molecule has 0 atom stereocenters. The predicted octanol–water partition coefficient (Wildman–Crippen LogP) is 1.47. The Bertz CT molecular complexity index is 645. The van der Waals surface area contributed by atoms with Gasteiger partial charge in [0.2, 0.25) is 0 Å². The minimum absolute atomic E-state index is 0.0528. The van der Waals surface area contributed by atoms with E-state index >= 15 is 0 Å². The van der Waals surface area contributed by atoms with Crippen LogP contribution in [0.4, 0.5) is 0 Å². The van der Waals surface area contributed by atoms with Gasteiger partial charge in [-0.2, -0.15) is 0 Å². The maximum Gasteiger partial charge on any atom is 0.323 e. The molecule has 0 unspecified atom stereocenters. The fourth-order valence-corrected chi connectivity index (χ4v) is 1.95. The van der Waals surface area contributed by atoms with Gasteiger partial charge in [-0.25, -0.2) is 4.98 Å². The van der Waals surface area contributed by atoms with Crippen molar-refractivity contribution in [2.24, 2.45) is 0 Å². The number of ketones is 1. The second-order valence-corrected chi connectivity index (χ2v) is 4.20. The van der Waals surface area contributed by atoms with Gasteiger partial charge in [0.05, 0.1) is 11.0 Å². The number of rotatable bonds is 5. The molecule has 6 heteroatoms. The Hall–Kier alpha value is -2.21. The number of carboxylic acid groups (broad SMARTS) is 1. The number of Topliss-reactive ketones (excluding diaryl/α,β-unsaturated/α-hetero) is 1. The Morgan fingerprint density at radius 2 is 2.16 bits per heavy atom. The number of carbonyl (C=O) groups is 2. The quantitative estimate of drug-likeness (QED) is 0.825. The number of aromatic nitrogens is 2. The van der Waals surface area contributed by atoms with Gasteiger partial charge in [0.25, 0.3) is 0 Å². The van der Waals surface area contributed by atoms with Crippen molar-refractivity contribution in [3.8, 4) is 0 Å². The lowest BCUT2D eigenvalue weighted by Crippen LogP contribution is -2.12. The fraction of sp³-hybridized carbons (Fsp3) is 0.308. The second kappa shape index (κ2) is 5.19. The largest absolute Gasteiger partial charge is 0.480 e. The van der Waals surface area contributed by atoms with Crippen LogP contribution >= 0.6 is 0 Å². The zero-order valence-corrected chi connectivity index (χ0v) is 10.7. The van der Waals surface area contributed by atoms with Crippen LogP contribution in [0.2, 0.25) is 0 Å². The number of hydrogen-bond acceptors (Lipinski definition) is 4. The van der Waals surface area contributed by atoms with E-state index < -0.39 is 5.97 Å². The third-order valence-corrected chi connectivity index (χ3v) is 2.80. The van der Waals surface area contributed by atoms with Gasteiger partial charge in [-0.15, -0.1) is 0 Å². The molecule has 0 radical (unpaired) electrons. The summed E-state index contributed by atoms with van der Waals surface area (Å²) in [5.74, 6) is -0.476. The molecule has 2 aromatic rings. The molecular formula is C13H14N2O4. The van der Waals surface area contributed by atoms with Crippen LogP contribution in [-0.2, 0) is 22.7 Å². The highest BCUT2D eigenvalue weighted by Crippen LogP contribution is 2.19. The van der Waals surface area contributed by atoms with Crippen LogP contribution in [0, 0.1) is 0 Å². The summed E-state index contributed by atoms with van der Waals surface area (Å²) in [5, 5.41) is 8.94. The monoisotopic (exact) mass is 262 g/mol. The van der Waals surface area contributed by atoms with E-state index in [1.165, 1.54) is 14.0 Å². The minimum atomic E-state index is -0.952. The number of methoxy groups -OCH3 is 1. The van der Waals surface area contributed by atoms with E-state index in [9.17, 15) is 9.59 Å². The highest BCUT2D eigenvalue weighted by molar-refractivity contribution is 5.97. The Kier molecular flexibility index (Phi) is 3.62. The normalized spacial score (nSPS) is 10.8. The summed E-state index contributed by atoms with van der Waals surface area (Å²) in [4.78, 5) is 26.6. The van der Waals surface area contributed by atoms with Crippen LogP contribution in [0.1, 0.15) is 23.1 Å². The van der Waals surface area contributed by atoms with Crippen molar-refractivity contribution >= 4 is 22.8 Å². The number of hydrogen-bond donors (Lipinski definition) is 1.